The van der Waals surface area contributed by atoms with Crippen molar-refractivity contribution >= 4 is 56.6 Å². The highest BCUT2D eigenvalue weighted by atomic mass is 14.1. The molecule has 0 amide bonds. The van der Waals surface area contributed by atoms with Crippen LogP contribution in [-0.2, 0) is 12.8 Å². The largest absolute Gasteiger partial charge is 0.0654 e. The molecule has 0 heterocycles. The average Bonchev–Trinajstić information content (AvgIpc) is 3.11. The first-order valence-corrected chi connectivity index (χ1v) is 17.6. The molecule has 0 saturated carbocycles. The molecule has 0 nitrogen and oxygen atoms in total. The summed E-state index contributed by atoms with van der Waals surface area (Å²) in [5.74, 6) is 0. The van der Waals surface area contributed by atoms with Crippen molar-refractivity contribution < 1.29 is 0 Å². The number of benzene rings is 6. The standard InChI is InChI=1S/C46H48/c1-3-5-7-9-13-35-17-21-37(22-18-35)25-27-39-29-31-43-44-32-30-40(34-46(44)42-16-12-11-15-41(42)45(43)33-39)28-26-38-23-19-36(20-24-38)14-10-8-6-4-2/h11-12,15-34H,3-10,13-14H2,1-2H3/b27-25+,28-26+. The minimum Gasteiger partial charge on any atom is -0.0654 e. The second-order valence-electron chi connectivity index (χ2n) is 12.9. The van der Waals surface area contributed by atoms with Gasteiger partial charge in [-0.1, -0.05) is 174 Å². The minimum absolute atomic E-state index is 1.18. The molecule has 0 spiro atoms. The fraction of sp³-hybridized carbons (Fsp3) is 0.261. The third-order valence-electron chi connectivity index (χ3n) is 9.42. The lowest BCUT2D eigenvalue weighted by Crippen LogP contribution is -1.86. The van der Waals surface area contributed by atoms with Crippen molar-refractivity contribution in [3.8, 4) is 0 Å². The Balaban J connectivity index is 1.22. The van der Waals surface area contributed by atoms with E-state index >= 15 is 0 Å². The second kappa shape index (κ2) is 15.7. The van der Waals surface area contributed by atoms with Gasteiger partial charge in [-0.2, -0.15) is 0 Å². The molecule has 0 aliphatic heterocycles. The van der Waals surface area contributed by atoms with Gasteiger partial charge in [0.2, 0.25) is 0 Å². The Kier molecular flexibility index (Phi) is 10.8. The lowest BCUT2D eigenvalue weighted by Gasteiger charge is -2.12. The van der Waals surface area contributed by atoms with Crippen molar-refractivity contribution in [2.75, 3.05) is 0 Å². The number of hydrogen-bond donors (Lipinski definition) is 0. The molecule has 0 unspecified atom stereocenters. The first kappa shape index (κ1) is 31.6. The summed E-state index contributed by atoms with van der Waals surface area (Å²) in [6, 6.07) is 40.9. The highest BCUT2D eigenvalue weighted by Crippen LogP contribution is 2.36. The van der Waals surface area contributed by atoms with Crippen LogP contribution in [0, 0.1) is 0 Å². The van der Waals surface area contributed by atoms with Gasteiger partial charge >= 0.3 is 0 Å². The zero-order valence-electron chi connectivity index (χ0n) is 27.8. The van der Waals surface area contributed by atoms with Crippen molar-refractivity contribution in [2.24, 2.45) is 0 Å². The molecule has 0 saturated heterocycles. The Hall–Kier alpha value is -4.42. The van der Waals surface area contributed by atoms with E-state index in [-0.39, 0.29) is 0 Å². The van der Waals surface area contributed by atoms with Crippen LogP contribution < -0.4 is 0 Å². The van der Waals surface area contributed by atoms with Gasteiger partial charge in [0.25, 0.3) is 0 Å². The predicted octanol–water partition coefficient (Wildman–Crippen LogP) is 13.7. The summed E-state index contributed by atoms with van der Waals surface area (Å²) < 4.78 is 0. The van der Waals surface area contributed by atoms with Gasteiger partial charge in [-0.3, -0.25) is 0 Å². The first-order valence-electron chi connectivity index (χ1n) is 17.6. The van der Waals surface area contributed by atoms with Crippen LogP contribution in [0.4, 0.5) is 0 Å². The van der Waals surface area contributed by atoms with E-state index in [4.69, 9.17) is 0 Å². The lowest BCUT2D eigenvalue weighted by molar-refractivity contribution is 0.667. The number of unbranched alkanes of at least 4 members (excludes halogenated alkanes) is 6. The quantitative estimate of drug-likeness (QED) is 0.0663. The van der Waals surface area contributed by atoms with Crippen LogP contribution in [0.1, 0.15) is 98.6 Å². The van der Waals surface area contributed by atoms with E-state index in [0.717, 1.165) is 0 Å². The van der Waals surface area contributed by atoms with Crippen LogP contribution in [0.25, 0.3) is 56.6 Å². The van der Waals surface area contributed by atoms with Gasteiger partial charge in [-0.15, -0.1) is 0 Å². The molecular formula is C46H48. The zero-order valence-corrected chi connectivity index (χ0v) is 27.8. The molecule has 0 N–H and O–H groups in total. The topological polar surface area (TPSA) is 0 Å². The molecule has 0 fully saturated rings. The zero-order chi connectivity index (χ0) is 31.6. The van der Waals surface area contributed by atoms with Gasteiger partial charge in [-0.25, -0.2) is 0 Å². The lowest BCUT2D eigenvalue weighted by atomic mass is 9.92. The van der Waals surface area contributed by atoms with E-state index in [0.29, 0.717) is 0 Å². The minimum atomic E-state index is 1.18. The van der Waals surface area contributed by atoms with Crippen LogP contribution in [-0.4, -0.2) is 0 Å². The third-order valence-corrected chi connectivity index (χ3v) is 9.42. The summed E-state index contributed by atoms with van der Waals surface area (Å²) in [4.78, 5) is 0. The van der Waals surface area contributed by atoms with E-state index < -0.39 is 0 Å². The van der Waals surface area contributed by atoms with Gasteiger partial charge in [0.1, 0.15) is 0 Å². The maximum Gasteiger partial charge on any atom is -0.00930 e. The van der Waals surface area contributed by atoms with Gasteiger partial charge in [0.15, 0.2) is 0 Å². The van der Waals surface area contributed by atoms with Gasteiger partial charge in [0.05, 0.1) is 0 Å². The Labute approximate surface area is 276 Å². The van der Waals surface area contributed by atoms with Gasteiger partial charge in [0, 0.05) is 0 Å². The molecule has 6 aromatic rings. The monoisotopic (exact) mass is 600 g/mol. The normalized spacial score (nSPS) is 12.0. The molecule has 46 heavy (non-hydrogen) atoms. The summed E-state index contributed by atoms with van der Waals surface area (Å²) in [6.07, 6.45) is 21.8. The van der Waals surface area contributed by atoms with Crippen molar-refractivity contribution in [1.82, 2.24) is 0 Å². The van der Waals surface area contributed by atoms with Crippen molar-refractivity contribution in [2.45, 2.75) is 78.1 Å². The molecule has 0 atom stereocenters. The Morgan fingerprint density at radius 2 is 0.717 bits per heavy atom. The summed E-state index contributed by atoms with van der Waals surface area (Å²) in [5.41, 5.74) is 7.84. The number of aryl methyl sites for hydroxylation is 2. The van der Waals surface area contributed by atoms with Crippen molar-refractivity contribution in [3.63, 3.8) is 0 Å². The molecule has 0 heteroatoms. The molecule has 0 bridgehead atoms. The molecule has 6 aromatic carbocycles. The summed E-state index contributed by atoms with van der Waals surface area (Å²) in [6.45, 7) is 4.54. The predicted molar refractivity (Wildman–Crippen MR) is 205 cm³/mol. The highest BCUT2D eigenvalue weighted by Gasteiger charge is 2.09. The highest BCUT2D eigenvalue weighted by molar-refractivity contribution is 6.25. The number of hydrogen-bond acceptors (Lipinski definition) is 0. The Morgan fingerprint density at radius 3 is 1.13 bits per heavy atom. The fourth-order valence-corrected chi connectivity index (χ4v) is 6.69. The molecule has 0 aliphatic rings. The molecule has 232 valence electrons. The second-order valence-corrected chi connectivity index (χ2v) is 12.9. The van der Waals surface area contributed by atoms with Gasteiger partial charge < -0.3 is 0 Å². The maximum absolute atomic E-state index is 2.36. The first-order chi connectivity index (χ1) is 22.7. The third kappa shape index (κ3) is 7.86. The summed E-state index contributed by atoms with van der Waals surface area (Å²) >= 11 is 0. The van der Waals surface area contributed by atoms with Gasteiger partial charge in [-0.05, 0) is 104 Å². The van der Waals surface area contributed by atoms with Crippen LogP contribution in [0.2, 0.25) is 0 Å². The maximum atomic E-state index is 2.36. The van der Waals surface area contributed by atoms with E-state index in [1.807, 2.05) is 0 Å². The SMILES string of the molecule is CCCCCCc1ccc(/C=C/c2ccc3c4ccc(/C=C/c5ccc(CCCCCC)cc5)cc4c4ccccc4c3c2)cc1. The van der Waals surface area contributed by atoms with Crippen LogP contribution in [0.5, 0.6) is 0 Å². The molecule has 0 aliphatic carbocycles. The smallest absolute Gasteiger partial charge is 0.00930 e. The number of fused-ring (bicyclic) bond motifs is 6. The van der Waals surface area contributed by atoms with Crippen LogP contribution in [0.3, 0.4) is 0 Å². The van der Waals surface area contributed by atoms with Crippen molar-refractivity contribution in [1.29, 1.82) is 0 Å². The van der Waals surface area contributed by atoms with E-state index in [9.17, 15) is 0 Å². The summed E-state index contributed by atoms with van der Waals surface area (Å²) in [5, 5.41) is 7.86. The van der Waals surface area contributed by atoms with E-state index in [2.05, 4.69) is 147 Å². The van der Waals surface area contributed by atoms with E-state index in [1.54, 1.807) is 0 Å². The van der Waals surface area contributed by atoms with Crippen LogP contribution >= 0.6 is 0 Å². The molecular weight excluding hydrogens is 553 g/mol. The Bertz CT molecular complexity index is 1770. The molecule has 0 radical (unpaired) electrons. The molecule has 6 rings (SSSR count). The molecule has 0 aromatic heterocycles. The average molecular weight is 601 g/mol. The van der Waals surface area contributed by atoms with Crippen LogP contribution in [0.15, 0.2) is 109 Å². The Morgan fingerprint density at radius 1 is 0.348 bits per heavy atom. The van der Waals surface area contributed by atoms with Crippen molar-refractivity contribution in [3.05, 3.63) is 143 Å². The fourth-order valence-electron chi connectivity index (χ4n) is 6.69. The summed E-state index contributed by atoms with van der Waals surface area (Å²) in [7, 11) is 0. The number of rotatable bonds is 14. The van der Waals surface area contributed by atoms with E-state index in [1.165, 1.54) is 130 Å².